The summed E-state index contributed by atoms with van der Waals surface area (Å²) in [6, 6.07) is 0. The largest absolute Gasteiger partial charge is 0.377 e. The quantitative estimate of drug-likeness (QED) is 0.438. The van der Waals surface area contributed by atoms with Crippen LogP contribution >= 0.6 is 0 Å². The van der Waals surface area contributed by atoms with Crippen molar-refractivity contribution in [1.82, 2.24) is 5.32 Å². The first kappa shape index (κ1) is 14.1. The van der Waals surface area contributed by atoms with Gasteiger partial charge in [0, 0.05) is 19.6 Å². The molecule has 0 heterocycles. The number of carbonyl (C=O) groups excluding carboxylic acids is 1. The average Bonchev–Trinajstić information content (AvgIpc) is 2.25. The number of nitrogens with two attached hydrogens (primary N) is 1. The number of nitrogens with one attached hydrogen (secondary N) is 1. The van der Waals surface area contributed by atoms with Crippen molar-refractivity contribution in [3.63, 3.8) is 0 Å². The molecule has 4 heteroatoms. The third kappa shape index (κ3) is 9.43. The Morgan fingerprint density at radius 2 is 2.40 bits per heavy atom. The Morgan fingerprint density at radius 1 is 1.67 bits per heavy atom. The highest BCUT2D eigenvalue weighted by atomic mass is 16.5. The lowest BCUT2D eigenvalue weighted by Gasteiger charge is -2.09. The van der Waals surface area contributed by atoms with Crippen molar-refractivity contribution < 1.29 is 9.53 Å². The molecule has 0 aromatic heterocycles. The Labute approximate surface area is 91.9 Å². The van der Waals surface area contributed by atoms with Crippen LogP contribution in [-0.4, -0.2) is 32.2 Å². The van der Waals surface area contributed by atoms with Gasteiger partial charge in [-0.3, -0.25) is 4.79 Å². The predicted molar refractivity (Wildman–Crippen MR) is 61.5 cm³/mol. The van der Waals surface area contributed by atoms with Crippen LogP contribution in [0.5, 0.6) is 0 Å². The van der Waals surface area contributed by atoms with E-state index in [2.05, 4.69) is 11.9 Å². The van der Waals surface area contributed by atoms with E-state index in [1.54, 1.807) is 6.08 Å². The number of carbonyl (C=O) groups is 1. The highest BCUT2D eigenvalue weighted by Crippen LogP contribution is 1.92. The molecule has 3 N–H and O–H groups in total. The lowest BCUT2D eigenvalue weighted by atomic mass is 10.2. The highest BCUT2D eigenvalue weighted by Gasteiger charge is 2.03. The van der Waals surface area contributed by atoms with Gasteiger partial charge < -0.3 is 15.8 Å². The van der Waals surface area contributed by atoms with Gasteiger partial charge in [-0.25, -0.2) is 0 Å². The summed E-state index contributed by atoms with van der Waals surface area (Å²) in [5, 5.41) is 2.83. The van der Waals surface area contributed by atoms with Crippen LogP contribution in [0.15, 0.2) is 12.7 Å². The van der Waals surface area contributed by atoms with Crippen molar-refractivity contribution in [3.05, 3.63) is 12.7 Å². The van der Waals surface area contributed by atoms with Crippen LogP contribution in [0.4, 0.5) is 0 Å². The van der Waals surface area contributed by atoms with E-state index >= 15 is 0 Å². The van der Waals surface area contributed by atoms with Gasteiger partial charge in [0.2, 0.25) is 5.91 Å². The molecule has 0 saturated heterocycles. The van der Waals surface area contributed by atoms with Crippen LogP contribution in [0.2, 0.25) is 0 Å². The molecule has 0 fully saturated rings. The molecule has 0 aliphatic carbocycles. The van der Waals surface area contributed by atoms with E-state index < -0.39 is 0 Å². The number of rotatable bonds is 9. The number of amides is 1. The van der Waals surface area contributed by atoms with Crippen molar-refractivity contribution in [2.45, 2.75) is 19.8 Å². The zero-order valence-electron chi connectivity index (χ0n) is 9.50. The van der Waals surface area contributed by atoms with Gasteiger partial charge in [0.1, 0.15) is 0 Å². The molecule has 0 aliphatic rings. The van der Waals surface area contributed by atoms with Gasteiger partial charge in [0.15, 0.2) is 0 Å². The maximum absolute atomic E-state index is 11.3. The van der Waals surface area contributed by atoms with Crippen molar-refractivity contribution in [2.75, 3.05) is 26.3 Å². The Hall–Kier alpha value is -0.870. The Bertz CT molecular complexity index is 183. The van der Waals surface area contributed by atoms with Crippen LogP contribution in [0.1, 0.15) is 19.8 Å². The second kappa shape index (κ2) is 9.68. The molecule has 1 atom stereocenters. The number of hydrogen-bond acceptors (Lipinski definition) is 3. The van der Waals surface area contributed by atoms with Crippen LogP contribution in [0.3, 0.4) is 0 Å². The molecule has 0 saturated carbocycles. The lowest BCUT2D eigenvalue weighted by Crippen LogP contribution is -2.31. The molecule has 0 rings (SSSR count). The summed E-state index contributed by atoms with van der Waals surface area (Å²) < 4.78 is 5.16. The van der Waals surface area contributed by atoms with Gasteiger partial charge in [0.05, 0.1) is 6.61 Å². The summed E-state index contributed by atoms with van der Waals surface area (Å²) in [5.74, 6) is 0.406. The van der Waals surface area contributed by atoms with Gasteiger partial charge in [-0.1, -0.05) is 13.0 Å². The predicted octanol–water partition coefficient (Wildman–Crippen LogP) is 0.680. The van der Waals surface area contributed by atoms with E-state index in [-0.39, 0.29) is 5.91 Å². The minimum absolute atomic E-state index is 0.0671. The summed E-state index contributed by atoms with van der Waals surface area (Å²) in [6.07, 6.45) is 2.95. The second-order valence-electron chi connectivity index (χ2n) is 3.61. The highest BCUT2D eigenvalue weighted by molar-refractivity contribution is 5.75. The van der Waals surface area contributed by atoms with E-state index in [9.17, 15) is 4.79 Å². The maximum atomic E-state index is 11.3. The van der Waals surface area contributed by atoms with Crippen LogP contribution in [0.25, 0.3) is 0 Å². The first-order valence-corrected chi connectivity index (χ1v) is 5.36. The molecular weight excluding hydrogens is 192 g/mol. The van der Waals surface area contributed by atoms with E-state index in [0.29, 0.717) is 38.6 Å². The summed E-state index contributed by atoms with van der Waals surface area (Å²) in [5.41, 5.74) is 5.43. The fourth-order valence-corrected chi connectivity index (χ4v) is 0.961. The van der Waals surface area contributed by atoms with E-state index in [4.69, 9.17) is 10.5 Å². The first-order chi connectivity index (χ1) is 7.20. The molecule has 0 radical (unpaired) electrons. The molecule has 0 aromatic carbocycles. The molecule has 1 amide bonds. The van der Waals surface area contributed by atoms with Crippen molar-refractivity contribution >= 4 is 5.91 Å². The van der Waals surface area contributed by atoms with E-state index in [1.807, 2.05) is 6.92 Å². The molecule has 4 nitrogen and oxygen atoms in total. The van der Waals surface area contributed by atoms with Gasteiger partial charge in [-0.15, -0.1) is 6.58 Å². The first-order valence-electron chi connectivity index (χ1n) is 5.36. The fourth-order valence-electron chi connectivity index (χ4n) is 0.961. The maximum Gasteiger partial charge on any atom is 0.220 e. The topological polar surface area (TPSA) is 64.3 Å². The molecule has 0 spiro atoms. The van der Waals surface area contributed by atoms with Gasteiger partial charge in [-0.05, 0) is 18.9 Å². The Balaban J connectivity index is 3.29. The number of hydrogen-bond donors (Lipinski definition) is 2. The molecular formula is C11H22N2O2. The zero-order chi connectivity index (χ0) is 11.5. The number of ether oxygens (including phenoxy) is 1. The lowest BCUT2D eigenvalue weighted by molar-refractivity contribution is -0.121. The SMILES string of the molecule is C=CCOCCCC(=O)NCC(C)CN. The minimum Gasteiger partial charge on any atom is -0.377 e. The Kier molecular flexibility index (Phi) is 9.11. The normalized spacial score (nSPS) is 12.1. The molecule has 0 aromatic rings. The summed E-state index contributed by atoms with van der Waals surface area (Å²) in [6.45, 7) is 7.95. The fraction of sp³-hybridized carbons (Fsp3) is 0.727. The monoisotopic (exact) mass is 214 g/mol. The van der Waals surface area contributed by atoms with Crippen LogP contribution in [0, 0.1) is 5.92 Å². The second-order valence-corrected chi connectivity index (χ2v) is 3.61. The smallest absolute Gasteiger partial charge is 0.220 e. The third-order valence-electron chi connectivity index (χ3n) is 1.98. The standard InChI is InChI=1S/C11H22N2O2/c1-3-6-15-7-4-5-11(14)13-9-10(2)8-12/h3,10H,1,4-9,12H2,2H3,(H,13,14). The molecule has 0 bridgehead atoms. The van der Waals surface area contributed by atoms with Gasteiger partial charge >= 0.3 is 0 Å². The third-order valence-corrected chi connectivity index (χ3v) is 1.98. The van der Waals surface area contributed by atoms with Crippen molar-refractivity contribution in [3.8, 4) is 0 Å². The summed E-state index contributed by atoms with van der Waals surface area (Å²) in [7, 11) is 0. The summed E-state index contributed by atoms with van der Waals surface area (Å²) >= 11 is 0. The molecule has 1 unspecified atom stereocenters. The average molecular weight is 214 g/mol. The minimum atomic E-state index is 0.0671. The van der Waals surface area contributed by atoms with Gasteiger partial charge in [-0.2, -0.15) is 0 Å². The molecule has 15 heavy (non-hydrogen) atoms. The molecule has 88 valence electrons. The summed E-state index contributed by atoms with van der Waals surface area (Å²) in [4.78, 5) is 11.3. The Morgan fingerprint density at radius 3 is 3.00 bits per heavy atom. The van der Waals surface area contributed by atoms with E-state index in [0.717, 1.165) is 6.42 Å². The molecule has 0 aliphatic heterocycles. The van der Waals surface area contributed by atoms with Crippen molar-refractivity contribution in [2.24, 2.45) is 11.7 Å². The van der Waals surface area contributed by atoms with E-state index in [1.165, 1.54) is 0 Å². The zero-order valence-corrected chi connectivity index (χ0v) is 9.50. The van der Waals surface area contributed by atoms with Gasteiger partial charge in [0.25, 0.3) is 0 Å². The van der Waals surface area contributed by atoms with Crippen LogP contribution in [-0.2, 0) is 9.53 Å². The van der Waals surface area contributed by atoms with Crippen molar-refractivity contribution in [1.29, 1.82) is 0 Å². The van der Waals surface area contributed by atoms with Crippen LogP contribution < -0.4 is 11.1 Å².